The first kappa shape index (κ1) is 67.9. The van der Waals surface area contributed by atoms with Gasteiger partial charge in [-0.15, -0.1) is 0 Å². The van der Waals surface area contributed by atoms with Gasteiger partial charge in [0.1, 0.15) is 19.8 Å². The molecule has 0 rings (SSSR count). The Hall–Kier alpha value is -3.07. The number of likely N-dealkylation sites (N-methyl/N-ethyl adjacent to an activating group) is 1. The van der Waals surface area contributed by atoms with Crippen LogP contribution in [0.4, 0.5) is 0 Å². The lowest BCUT2D eigenvalue weighted by Gasteiger charge is -2.28. The summed E-state index contributed by atoms with van der Waals surface area (Å²) in [5.74, 6) is -0.838. The van der Waals surface area contributed by atoms with Crippen LogP contribution in [0.5, 0.6) is 0 Å². The van der Waals surface area contributed by atoms with E-state index in [0.29, 0.717) is 17.4 Å². The number of esters is 2. The number of unbranched alkanes of at least 4 members (excludes halogenated alkanes) is 21. The summed E-state index contributed by atoms with van der Waals surface area (Å²) in [5, 5.41) is 0. The van der Waals surface area contributed by atoms with Crippen molar-refractivity contribution < 1.29 is 42.1 Å². The molecular weight excluding hydrogens is 906 g/mol. The largest absolute Gasteiger partial charge is 0.756 e. The van der Waals surface area contributed by atoms with Crippen molar-refractivity contribution in [1.29, 1.82) is 0 Å². The number of rotatable bonds is 51. The van der Waals surface area contributed by atoms with Gasteiger partial charge in [0.05, 0.1) is 27.7 Å². The molecule has 408 valence electrons. The second-order valence-electron chi connectivity index (χ2n) is 19.9. The fourth-order valence-corrected chi connectivity index (χ4v) is 8.22. The van der Waals surface area contributed by atoms with Crippen molar-refractivity contribution in [3.63, 3.8) is 0 Å². The molecule has 0 saturated heterocycles. The third-order valence-electron chi connectivity index (χ3n) is 11.9. The second kappa shape index (κ2) is 51.8. The number of ether oxygens (including phenoxy) is 2. The minimum atomic E-state index is -4.63. The molecule has 0 fully saturated rings. The molecule has 0 radical (unpaired) electrons. The lowest BCUT2D eigenvalue weighted by molar-refractivity contribution is -0.870. The van der Waals surface area contributed by atoms with Crippen LogP contribution < -0.4 is 4.89 Å². The van der Waals surface area contributed by atoms with Crippen molar-refractivity contribution in [1.82, 2.24) is 0 Å². The lowest BCUT2D eigenvalue weighted by Crippen LogP contribution is -2.37. The highest BCUT2D eigenvalue weighted by molar-refractivity contribution is 7.45. The Kier molecular flexibility index (Phi) is 49.6. The summed E-state index contributed by atoms with van der Waals surface area (Å²) in [5.41, 5.74) is 0. The first-order chi connectivity index (χ1) is 34.5. The maximum atomic E-state index is 12.7. The minimum Gasteiger partial charge on any atom is -0.756 e. The Morgan fingerprint density at radius 2 is 0.803 bits per heavy atom. The third kappa shape index (κ3) is 56.1. The zero-order valence-corrected chi connectivity index (χ0v) is 47.0. The number of carbonyl (C=O) groups excluding carboxylic acids is 2. The molecule has 0 amide bonds. The number of allylic oxidation sites excluding steroid dienone is 16. The molecule has 0 saturated carbocycles. The SMILES string of the molecule is CC/C=C\C/C=C\C/C=C\C/C=C\C/C=C\C/C=C\C/C=C\C/C=C\CCCCCCCCCCCCCCC(=O)OC(COC(=O)CCCCCCCCCCCC)COP(=O)([O-])OCC[N+](C)(C)C. The highest BCUT2D eigenvalue weighted by Crippen LogP contribution is 2.38. The highest BCUT2D eigenvalue weighted by Gasteiger charge is 2.21. The molecule has 0 bridgehead atoms. The summed E-state index contributed by atoms with van der Waals surface area (Å²) in [6.07, 6.45) is 70.4. The van der Waals surface area contributed by atoms with Crippen LogP contribution in [0.3, 0.4) is 0 Å². The van der Waals surface area contributed by atoms with Gasteiger partial charge in [-0.05, 0) is 77.0 Å². The Morgan fingerprint density at radius 1 is 0.451 bits per heavy atom. The fraction of sp³-hybridized carbons (Fsp3) is 0.705. The van der Waals surface area contributed by atoms with Crippen molar-refractivity contribution in [2.24, 2.45) is 0 Å². The normalized spacial score (nSPS) is 14.1. The van der Waals surface area contributed by atoms with E-state index in [4.69, 9.17) is 18.5 Å². The lowest BCUT2D eigenvalue weighted by atomic mass is 10.0. The number of quaternary nitrogens is 1. The van der Waals surface area contributed by atoms with Crippen LogP contribution in [-0.4, -0.2) is 70.0 Å². The van der Waals surface area contributed by atoms with Crippen molar-refractivity contribution in [2.75, 3.05) is 47.5 Å². The van der Waals surface area contributed by atoms with E-state index in [1.54, 1.807) is 0 Å². The number of hydrogen-bond acceptors (Lipinski definition) is 8. The Morgan fingerprint density at radius 3 is 1.20 bits per heavy atom. The van der Waals surface area contributed by atoms with Gasteiger partial charge in [-0.2, -0.15) is 0 Å². The van der Waals surface area contributed by atoms with Gasteiger partial charge >= 0.3 is 11.9 Å². The maximum Gasteiger partial charge on any atom is 0.306 e. The summed E-state index contributed by atoms with van der Waals surface area (Å²) in [7, 11) is 1.16. The molecule has 0 aromatic heterocycles. The number of nitrogens with zero attached hydrogens (tertiary/aromatic N) is 1. The summed E-state index contributed by atoms with van der Waals surface area (Å²) in [6, 6.07) is 0. The standard InChI is InChI=1S/C61H106NO8P/c1-6-8-10-12-14-16-18-19-20-21-22-23-24-25-26-27-28-29-30-31-32-33-34-35-36-37-38-39-40-41-42-43-44-46-48-50-52-54-61(64)70-59(58-69-71(65,66)68-56-55-62(3,4)5)57-67-60(63)53-51-49-47-45-17-15-13-11-9-7-2/h8,10,14,16,19-20,22-23,25-26,28-29,31-32,34-35,59H,6-7,9,11-13,15,17-18,21,24,27,30,33,36-58H2,1-5H3/b10-8-,16-14-,20-19-,23-22-,26-25-,29-28-,32-31-,35-34-. The van der Waals surface area contributed by atoms with E-state index in [1.165, 1.54) is 103 Å². The van der Waals surface area contributed by atoms with E-state index in [9.17, 15) is 19.0 Å². The van der Waals surface area contributed by atoms with Crippen LogP contribution in [0, 0.1) is 0 Å². The van der Waals surface area contributed by atoms with Gasteiger partial charge < -0.3 is 27.9 Å². The maximum absolute atomic E-state index is 12.7. The van der Waals surface area contributed by atoms with Crippen LogP contribution in [-0.2, 0) is 32.7 Å². The van der Waals surface area contributed by atoms with Gasteiger partial charge in [-0.25, -0.2) is 0 Å². The van der Waals surface area contributed by atoms with Crippen LogP contribution in [0.25, 0.3) is 0 Å². The second-order valence-corrected chi connectivity index (χ2v) is 21.3. The Bertz CT molecular complexity index is 1520. The summed E-state index contributed by atoms with van der Waals surface area (Å²) in [4.78, 5) is 37.7. The summed E-state index contributed by atoms with van der Waals surface area (Å²) >= 11 is 0. The molecule has 0 aromatic rings. The first-order valence-corrected chi connectivity index (χ1v) is 29.9. The smallest absolute Gasteiger partial charge is 0.306 e. The van der Waals surface area contributed by atoms with Crippen LogP contribution in [0.15, 0.2) is 97.2 Å². The quantitative estimate of drug-likeness (QED) is 0.0195. The van der Waals surface area contributed by atoms with E-state index in [1.807, 2.05) is 21.1 Å². The van der Waals surface area contributed by atoms with E-state index < -0.39 is 26.5 Å². The molecule has 0 heterocycles. The van der Waals surface area contributed by atoms with Crippen LogP contribution in [0.1, 0.15) is 226 Å². The first-order valence-electron chi connectivity index (χ1n) is 28.4. The van der Waals surface area contributed by atoms with Crippen molar-refractivity contribution >= 4 is 19.8 Å². The number of phosphoric acid groups is 1. The molecule has 71 heavy (non-hydrogen) atoms. The number of phosphoric ester groups is 1. The summed E-state index contributed by atoms with van der Waals surface area (Å²) < 4.78 is 34.0. The highest BCUT2D eigenvalue weighted by atomic mass is 31.2. The van der Waals surface area contributed by atoms with Gasteiger partial charge in [0.25, 0.3) is 7.82 Å². The monoisotopic (exact) mass is 1010 g/mol. The predicted molar refractivity (Wildman–Crippen MR) is 300 cm³/mol. The average molecular weight is 1010 g/mol. The Balaban J connectivity index is 4.03. The molecule has 0 aliphatic carbocycles. The van der Waals surface area contributed by atoms with Gasteiger partial charge in [-0.3, -0.25) is 14.2 Å². The zero-order chi connectivity index (χ0) is 52.0. The fourth-order valence-electron chi connectivity index (χ4n) is 7.49. The molecule has 0 N–H and O–H groups in total. The van der Waals surface area contributed by atoms with Crippen LogP contribution >= 0.6 is 7.82 Å². The third-order valence-corrected chi connectivity index (χ3v) is 12.8. The van der Waals surface area contributed by atoms with E-state index >= 15 is 0 Å². The number of hydrogen-bond donors (Lipinski definition) is 0. The molecule has 9 nitrogen and oxygen atoms in total. The van der Waals surface area contributed by atoms with Gasteiger partial charge in [0.15, 0.2) is 6.10 Å². The van der Waals surface area contributed by atoms with Gasteiger partial charge in [0.2, 0.25) is 0 Å². The van der Waals surface area contributed by atoms with Crippen molar-refractivity contribution in [3.8, 4) is 0 Å². The summed E-state index contributed by atoms with van der Waals surface area (Å²) in [6.45, 7) is 4.10. The van der Waals surface area contributed by atoms with E-state index in [-0.39, 0.29) is 32.0 Å². The molecule has 2 unspecified atom stereocenters. The van der Waals surface area contributed by atoms with Gasteiger partial charge in [-0.1, -0.05) is 233 Å². The molecular formula is C61H106NO8P. The molecule has 0 spiro atoms. The molecule has 0 aliphatic heterocycles. The minimum absolute atomic E-state index is 0.0333. The average Bonchev–Trinajstić information content (AvgIpc) is 3.33. The number of carbonyl (C=O) groups is 2. The topological polar surface area (TPSA) is 111 Å². The van der Waals surface area contributed by atoms with Crippen LogP contribution in [0.2, 0.25) is 0 Å². The molecule has 0 aliphatic rings. The van der Waals surface area contributed by atoms with Crippen molar-refractivity contribution in [2.45, 2.75) is 232 Å². The molecule has 0 aromatic carbocycles. The van der Waals surface area contributed by atoms with Crippen molar-refractivity contribution in [3.05, 3.63) is 97.2 Å². The van der Waals surface area contributed by atoms with E-state index in [0.717, 1.165) is 89.9 Å². The van der Waals surface area contributed by atoms with E-state index in [2.05, 4.69) is 111 Å². The predicted octanol–water partition coefficient (Wildman–Crippen LogP) is 17.0. The molecule has 10 heteroatoms. The van der Waals surface area contributed by atoms with Gasteiger partial charge in [0, 0.05) is 12.8 Å². The molecule has 2 atom stereocenters. The zero-order valence-electron chi connectivity index (χ0n) is 46.1. The Labute approximate surface area is 436 Å².